The normalized spacial score (nSPS) is 16.2. The Kier molecular flexibility index (Phi) is 5.50. The fourth-order valence-corrected chi connectivity index (χ4v) is 4.83. The van der Waals surface area contributed by atoms with Crippen molar-refractivity contribution in [1.29, 1.82) is 0 Å². The highest BCUT2D eigenvalue weighted by molar-refractivity contribution is 6.09. The molecule has 2 amide bonds. The van der Waals surface area contributed by atoms with E-state index in [-0.39, 0.29) is 24.7 Å². The number of amides is 2. The van der Waals surface area contributed by atoms with Crippen LogP contribution < -0.4 is 4.90 Å². The van der Waals surface area contributed by atoms with Crippen LogP contribution in [0.25, 0.3) is 11.3 Å². The number of carbonyl (C=O) groups is 2. The zero-order valence-electron chi connectivity index (χ0n) is 21.2. The second-order valence-corrected chi connectivity index (χ2v) is 10.7. The molecular weight excluding hydrogens is 456 g/mol. The highest BCUT2D eigenvalue weighted by atomic mass is 16.6. The van der Waals surface area contributed by atoms with Crippen molar-refractivity contribution >= 4 is 17.8 Å². The monoisotopic (exact) mass is 486 g/mol. The fraction of sp³-hybridized carbons (Fsp3) is 0.357. The van der Waals surface area contributed by atoms with E-state index in [0.717, 1.165) is 11.1 Å². The summed E-state index contributed by atoms with van der Waals surface area (Å²) in [6.07, 6.45) is -0.446. The summed E-state index contributed by atoms with van der Waals surface area (Å²) in [6, 6.07) is 14.8. The molecular formula is C28H30N4O4. The number of hydrogen-bond acceptors (Lipinski definition) is 6. The number of nitrogens with zero attached hydrogens (tertiary/aromatic N) is 4. The molecule has 1 aromatic heterocycles. The van der Waals surface area contributed by atoms with E-state index in [0.29, 0.717) is 29.2 Å². The molecule has 0 unspecified atom stereocenters. The van der Waals surface area contributed by atoms with Gasteiger partial charge in [0.05, 0.1) is 12.2 Å². The Morgan fingerprint density at radius 1 is 1.06 bits per heavy atom. The standard InChI is InChI=1S/C28H30N4O4/c1-17-10-11-19(12-18(17)2)14-32-24-21(13-22(29-30-24)20-8-6-7-9-23(20)33)28(25(32)34)15-31(16-28)26(35)36-27(3,4)5/h6-13,33H,14-16H2,1-5H3. The van der Waals surface area contributed by atoms with Crippen LogP contribution in [0.5, 0.6) is 5.75 Å². The van der Waals surface area contributed by atoms with E-state index in [1.807, 2.05) is 52.0 Å². The summed E-state index contributed by atoms with van der Waals surface area (Å²) in [5.74, 6) is 0.460. The Bertz CT molecular complexity index is 1370. The zero-order chi connectivity index (χ0) is 25.8. The van der Waals surface area contributed by atoms with Crippen LogP contribution >= 0.6 is 0 Å². The quantitative estimate of drug-likeness (QED) is 0.586. The van der Waals surface area contributed by atoms with Crippen molar-refractivity contribution in [3.8, 4) is 17.0 Å². The minimum absolute atomic E-state index is 0.0844. The molecule has 1 spiro atoms. The topological polar surface area (TPSA) is 95.9 Å². The second kappa shape index (κ2) is 8.33. The van der Waals surface area contributed by atoms with Crippen molar-refractivity contribution in [3.63, 3.8) is 0 Å². The summed E-state index contributed by atoms with van der Waals surface area (Å²) < 4.78 is 5.52. The second-order valence-electron chi connectivity index (χ2n) is 10.7. The Morgan fingerprint density at radius 3 is 2.44 bits per heavy atom. The molecule has 2 aliphatic heterocycles. The predicted octanol–water partition coefficient (Wildman–Crippen LogP) is 4.50. The van der Waals surface area contributed by atoms with Crippen molar-refractivity contribution in [2.75, 3.05) is 18.0 Å². The van der Waals surface area contributed by atoms with E-state index in [2.05, 4.69) is 23.2 Å². The van der Waals surface area contributed by atoms with Crippen LogP contribution in [0, 0.1) is 13.8 Å². The molecule has 2 aromatic carbocycles. The number of phenols is 1. The maximum Gasteiger partial charge on any atom is 0.410 e. The van der Waals surface area contributed by atoms with Gasteiger partial charge in [-0.3, -0.25) is 9.69 Å². The van der Waals surface area contributed by atoms with Crippen LogP contribution in [-0.4, -0.2) is 50.9 Å². The molecule has 0 bridgehead atoms. The van der Waals surface area contributed by atoms with Gasteiger partial charge in [0.2, 0.25) is 5.91 Å². The number of aromatic nitrogens is 2. The van der Waals surface area contributed by atoms with Gasteiger partial charge in [-0.25, -0.2) is 4.79 Å². The van der Waals surface area contributed by atoms with Crippen molar-refractivity contribution < 1.29 is 19.4 Å². The van der Waals surface area contributed by atoms with Gasteiger partial charge in [0, 0.05) is 24.2 Å². The molecule has 186 valence electrons. The lowest BCUT2D eigenvalue weighted by atomic mass is 9.75. The number of aromatic hydroxyl groups is 1. The summed E-state index contributed by atoms with van der Waals surface area (Å²) in [7, 11) is 0. The van der Waals surface area contributed by atoms with E-state index < -0.39 is 17.1 Å². The van der Waals surface area contributed by atoms with Crippen LogP contribution in [0.15, 0.2) is 48.5 Å². The number of likely N-dealkylation sites (tertiary alicyclic amines) is 1. The molecule has 2 aliphatic rings. The maximum atomic E-state index is 13.9. The van der Waals surface area contributed by atoms with Gasteiger partial charge in [-0.15, -0.1) is 10.2 Å². The molecule has 1 N–H and O–H groups in total. The maximum absolute atomic E-state index is 13.9. The summed E-state index contributed by atoms with van der Waals surface area (Å²) in [5.41, 5.74) is 3.48. The minimum Gasteiger partial charge on any atom is -0.507 e. The third-order valence-corrected chi connectivity index (χ3v) is 6.87. The number of carbonyl (C=O) groups excluding carboxylic acids is 2. The van der Waals surface area contributed by atoms with Crippen LogP contribution in [0.4, 0.5) is 10.6 Å². The largest absolute Gasteiger partial charge is 0.507 e. The van der Waals surface area contributed by atoms with Crippen molar-refractivity contribution in [2.24, 2.45) is 0 Å². The number of phenolic OH excluding ortho intramolecular Hbond substituents is 1. The van der Waals surface area contributed by atoms with Crippen molar-refractivity contribution in [2.45, 2.75) is 52.2 Å². The Labute approximate surface area is 210 Å². The molecule has 8 heteroatoms. The smallest absolute Gasteiger partial charge is 0.410 e. The van der Waals surface area contributed by atoms with Crippen LogP contribution in [0.2, 0.25) is 0 Å². The molecule has 1 fully saturated rings. The lowest BCUT2D eigenvalue weighted by Gasteiger charge is -2.46. The third kappa shape index (κ3) is 3.96. The van der Waals surface area contributed by atoms with Gasteiger partial charge in [-0.2, -0.15) is 0 Å². The molecule has 36 heavy (non-hydrogen) atoms. The van der Waals surface area contributed by atoms with E-state index in [1.165, 1.54) is 5.56 Å². The Balaban J connectivity index is 1.53. The van der Waals surface area contributed by atoms with E-state index in [4.69, 9.17) is 4.74 Å². The average Bonchev–Trinajstić information content (AvgIpc) is 3.02. The SMILES string of the molecule is Cc1ccc(CN2C(=O)C3(CN(C(=O)OC(C)(C)C)C3)c3cc(-c4ccccc4O)nnc32)cc1C. The summed E-state index contributed by atoms with van der Waals surface area (Å²) in [4.78, 5) is 29.8. The van der Waals surface area contributed by atoms with Crippen LogP contribution in [0.3, 0.4) is 0 Å². The number of ether oxygens (including phenoxy) is 1. The number of anilines is 1. The highest BCUT2D eigenvalue weighted by Gasteiger charge is 2.60. The summed E-state index contributed by atoms with van der Waals surface area (Å²) in [5, 5.41) is 19.2. The zero-order valence-corrected chi connectivity index (χ0v) is 21.2. The van der Waals surface area contributed by atoms with Gasteiger partial charge < -0.3 is 14.7 Å². The van der Waals surface area contributed by atoms with Gasteiger partial charge in [0.25, 0.3) is 0 Å². The van der Waals surface area contributed by atoms with Gasteiger partial charge in [-0.05, 0) is 69.5 Å². The number of benzene rings is 2. The minimum atomic E-state index is -0.929. The van der Waals surface area contributed by atoms with E-state index in [9.17, 15) is 14.7 Å². The van der Waals surface area contributed by atoms with E-state index >= 15 is 0 Å². The molecule has 0 saturated carbocycles. The van der Waals surface area contributed by atoms with Gasteiger partial charge in [-0.1, -0.05) is 30.3 Å². The Morgan fingerprint density at radius 2 is 1.78 bits per heavy atom. The highest BCUT2D eigenvalue weighted by Crippen LogP contribution is 2.48. The lowest BCUT2D eigenvalue weighted by Crippen LogP contribution is -2.65. The molecule has 0 atom stereocenters. The predicted molar refractivity (Wildman–Crippen MR) is 136 cm³/mol. The number of hydrogen-bond donors (Lipinski definition) is 1. The van der Waals surface area contributed by atoms with Crippen LogP contribution in [0.1, 0.15) is 43.0 Å². The third-order valence-electron chi connectivity index (χ3n) is 6.87. The van der Waals surface area contributed by atoms with Gasteiger partial charge in [0.15, 0.2) is 5.82 Å². The number of rotatable bonds is 3. The molecule has 3 aromatic rings. The van der Waals surface area contributed by atoms with Crippen molar-refractivity contribution in [1.82, 2.24) is 15.1 Å². The fourth-order valence-electron chi connectivity index (χ4n) is 4.83. The first-order chi connectivity index (χ1) is 17.0. The number of aryl methyl sites for hydroxylation is 2. The molecule has 0 radical (unpaired) electrons. The van der Waals surface area contributed by atoms with Crippen molar-refractivity contribution in [3.05, 3.63) is 70.8 Å². The van der Waals surface area contributed by atoms with E-state index in [1.54, 1.807) is 28.0 Å². The van der Waals surface area contributed by atoms with Crippen LogP contribution in [-0.2, 0) is 21.5 Å². The number of fused-ring (bicyclic) bond motifs is 2. The Hall–Kier alpha value is -3.94. The summed E-state index contributed by atoms with van der Waals surface area (Å²) >= 11 is 0. The first-order valence-corrected chi connectivity index (χ1v) is 12.0. The first-order valence-electron chi connectivity index (χ1n) is 12.0. The average molecular weight is 487 g/mol. The summed E-state index contributed by atoms with van der Waals surface area (Å²) in [6.45, 7) is 10.3. The molecule has 8 nitrogen and oxygen atoms in total. The molecule has 1 saturated heterocycles. The molecule has 3 heterocycles. The first kappa shape index (κ1) is 23.8. The molecule has 5 rings (SSSR count). The lowest BCUT2D eigenvalue weighted by molar-refractivity contribution is -0.129. The van der Waals surface area contributed by atoms with Gasteiger partial charge in [0.1, 0.15) is 16.8 Å². The molecule has 0 aliphatic carbocycles. The number of para-hydroxylation sites is 1. The van der Waals surface area contributed by atoms with Gasteiger partial charge >= 0.3 is 6.09 Å².